The number of allylic oxidation sites excluding steroid dienone is 2. The molecular weight excluding hydrogens is 308 g/mol. The van der Waals surface area contributed by atoms with Gasteiger partial charge in [0, 0.05) is 5.56 Å². The first-order valence-corrected chi connectivity index (χ1v) is 8.22. The number of imide groups is 1. The van der Waals surface area contributed by atoms with E-state index in [0.717, 1.165) is 11.4 Å². The second-order valence-electron chi connectivity index (χ2n) is 7.15. The summed E-state index contributed by atoms with van der Waals surface area (Å²) in [6.45, 7) is 0. The van der Waals surface area contributed by atoms with Gasteiger partial charge < -0.3 is 5.11 Å². The Morgan fingerprint density at radius 2 is 1.54 bits per heavy atom. The summed E-state index contributed by atoms with van der Waals surface area (Å²) in [4.78, 5) is 37.8. The molecule has 2 N–H and O–H groups in total. The molecule has 24 heavy (non-hydrogen) atoms. The van der Waals surface area contributed by atoms with Crippen molar-refractivity contribution < 1.29 is 19.5 Å². The molecule has 6 rings (SSSR count). The van der Waals surface area contributed by atoms with Crippen LogP contribution in [0, 0.1) is 35.5 Å². The number of hydrogen-bond donors (Lipinski definition) is 2. The van der Waals surface area contributed by atoms with Gasteiger partial charge in [-0.1, -0.05) is 12.2 Å². The summed E-state index contributed by atoms with van der Waals surface area (Å²) in [6.07, 6.45) is 5.29. The highest BCUT2D eigenvalue weighted by Gasteiger charge is 2.67. The molecule has 6 atom stereocenters. The van der Waals surface area contributed by atoms with Crippen molar-refractivity contribution in [1.82, 2.24) is 10.4 Å². The highest BCUT2D eigenvalue weighted by Crippen LogP contribution is 2.65. The van der Waals surface area contributed by atoms with Crippen molar-refractivity contribution >= 4 is 17.7 Å². The van der Waals surface area contributed by atoms with Gasteiger partial charge in [-0.15, -0.1) is 0 Å². The first-order valence-electron chi connectivity index (χ1n) is 8.22. The maximum atomic E-state index is 12.7. The number of phenolic OH excluding ortho intramolecular Hbond substituents is 1. The molecule has 4 aliphatic carbocycles. The van der Waals surface area contributed by atoms with Crippen LogP contribution in [0.4, 0.5) is 0 Å². The number of aromatic hydroxyl groups is 1. The Kier molecular flexibility index (Phi) is 2.56. The van der Waals surface area contributed by atoms with Gasteiger partial charge >= 0.3 is 0 Å². The molecule has 0 spiro atoms. The van der Waals surface area contributed by atoms with E-state index in [0.29, 0.717) is 11.8 Å². The number of hydrazine groups is 1. The molecule has 0 aromatic heterocycles. The van der Waals surface area contributed by atoms with Crippen molar-refractivity contribution in [3.63, 3.8) is 0 Å². The Morgan fingerprint density at radius 3 is 2.08 bits per heavy atom. The van der Waals surface area contributed by atoms with E-state index in [1.54, 1.807) is 0 Å². The van der Waals surface area contributed by atoms with E-state index in [1.165, 1.54) is 24.3 Å². The zero-order chi connectivity index (χ0) is 16.6. The van der Waals surface area contributed by atoms with Crippen LogP contribution in [-0.2, 0) is 9.59 Å². The summed E-state index contributed by atoms with van der Waals surface area (Å²) >= 11 is 0. The molecule has 1 aliphatic heterocycles. The van der Waals surface area contributed by atoms with Crippen molar-refractivity contribution in [3.8, 4) is 5.75 Å². The van der Waals surface area contributed by atoms with Crippen LogP contribution >= 0.6 is 0 Å². The van der Waals surface area contributed by atoms with Crippen LogP contribution in [0.2, 0.25) is 0 Å². The van der Waals surface area contributed by atoms with E-state index >= 15 is 0 Å². The van der Waals surface area contributed by atoms with Gasteiger partial charge in [0.25, 0.3) is 17.7 Å². The Bertz CT molecular complexity index is 764. The van der Waals surface area contributed by atoms with Crippen molar-refractivity contribution in [2.45, 2.75) is 6.42 Å². The molecule has 5 aliphatic rings. The molecule has 6 heteroatoms. The quantitative estimate of drug-likeness (QED) is 0.630. The summed E-state index contributed by atoms with van der Waals surface area (Å²) < 4.78 is 0. The largest absolute Gasteiger partial charge is 0.508 e. The lowest BCUT2D eigenvalue weighted by atomic mass is 9.63. The van der Waals surface area contributed by atoms with E-state index in [4.69, 9.17) is 0 Å². The standard InChI is InChI=1S/C18H16N2O4/c21-9-3-1-8(2-4-9)16(22)19-20-17(23)14-10-5-6-11(13-7-12(10)13)15(14)18(20)24/h1-6,10-15,21H,7H2,(H,19,22). The monoisotopic (exact) mass is 324 g/mol. The van der Waals surface area contributed by atoms with Crippen LogP contribution in [0.15, 0.2) is 36.4 Å². The lowest BCUT2D eigenvalue weighted by Crippen LogP contribution is -2.46. The van der Waals surface area contributed by atoms with E-state index in [-0.39, 0.29) is 46.8 Å². The second-order valence-corrected chi connectivity index (χ2v) is 7.15. The van der Waals surface area contributed by atoms with Crippen molar-refractivity contribution in [2.75, 3.05) is 0 Å². The average molecular weight is 324 g/mol. The smallest absolute Gasteiger partial charge is 0.270 e. The van der Waals surface area contributed by atoms with Gasteiger partial charge in [0.2, 0.25) is 0 Å². The van der Waals surface area contributed by atoms with Crippen molar-refractivity contribution in [1.29, 1.82) is 0 Å². The molecule has 2 bridgehead atoms. The Balaban J connectivity index is 1.40. The van der Waals surface area contributed by atoms with Crippen LogP contribution in [0.5, 0.6) is 5.75 Å². The van der Waals surface area contributed by atoms with Gasteiger partial charge in [0.05, 0.1) is 11.8 Å². The van der Waals surface area contributed by atoms with Crippen molar-refractivity contribution in [3.05, 3.63) is 42.0 Å². The fraction of sp³-hybridized carbons (Fsp3) is 0.389. The van der Waals surface area contributed by atoms with E-state index in [9.17, 15) is 19.5 Å². The number of carbonyl (C=O) groups excluding carboxylic acids is 3. The predicted octanol–water partition coefficient (Wildman–Crippen LogP) is 1.09. The molecule has 6 nitrogen and oxygen atoms in total. The number of benzene rings is 1. The Hall–Kier alpha value is -2.63. The number of phenols is 1. The third kappa shape index (κ3) is 1.68. The molecule has 3 amide bonds. The average Bonchev–Trinajstić information content (AvgIpc) is 3.36. The summed E-state index contributed by atoms with van der Waals surface area (Å²) in [5.74, 6) is -0.365. The van der Waals surface area contributed by atoms with E-state index in [2.05, 4.69) is 17.6 Å². The zero-order valence-corrected chi connectivity index (χ0v) is 12.8. The van der Waals surface area contributed by atoms with Crippen LogP contribution < -0.4 is 5.43 Å². The van der Waals surface area contributed by atoms with Gasteiger partial charge in [-0.05, 0) is 54.4 Å². The normalized spacial score (nSPS) is 38.1. The Labute approximate surface area is 138 Å². The number of hydrogen-bond acceptors (Lipinski definition) is 4. The molecule has 2 saturated carbocycles. The third-order valence-corrected chi connectivity index (χ3v) is 6.01. The molecule has 1 heterocycles. The lowest BCUT2D eigenvalue weighted by molar-refractivity contribution is -0.143. The lowest BCUT2D eigenvalue weighted by Gasteiger charge is -2.37. The number of amides is 3. The van der Waals surface area contributed by atoms with Crippen LogP contribution in [0.25, 0.3) is 0 Å². The summed E-state index contributed by atoms with van der Waals surface area (Å²) in [5.41, 5.74) is 2.74. The molecule has 1 aromatic carbocycles. The number of nitrogens with one attached hydrogen (secondary N) is 1. The molecule has 1 aromatic rings. The van der Waals surface area contributed by atoms with Crippen LogP contribution in [0.3, 0.4) is 0 Å². The van der Waals surface area contributed by atoms with Gasteiger partial charge in [-0.2, -0.15) is 5.01 Å². The number of rotatable bonds is 2. The van der Waals surface area contributed by atoms with Gasteiger partial charge in [0.1, 0.15) is 5.75 Å². The summed E-state index contributed by atoms with van der Waals surface area (Å²) in [5, 5.41) is 10.2. The molecule has 122 valence electrons. The SMILES string of the molecule is O=C(NN1C(=O)C2C3C=CC(C4CC34)C2C1=O)c1ccc(O)cc1. The fourth-order valence-electron chi connectivity index (χ4n) is 4.85. The number of nitrogens with zero attached hydrogens (tertiary/aromatic N) is 1. The third-order valence-electron chi connectivity index (χ3n) is 6.01. The van der Waals surface area contributed by atoms with E-state index in [1.807, 2.05) is 0 Å². The predicted molar refractivity (Wildman–Crippen MR) is 82.1 cm³/mol. The molecular formula is C18H16N2O4. The topological polar surface area (TPSA) is 86.7 Å². The molecule has 3 fully saturated rings. The fourth-order valence-corrected chi connectivity index (χ4v) is 4.85. The van der Waals surface area contributed by atoms with E-state index < -0.39 is 5.91 Å². The first-order chi connectivity index (χ1) is 11.6. The highest BCUT2D eigenvalue weighted by molar-refractivity contribution is 6.08. The van der Waals surface area contributed by atoms with Crippen LogP contribution in [-0.4, -0.2) is 27.8 Å². The Morgan fingerprint density at radius 1 is 1.00 bits per heavy atom. The van der Waals surface area contributed by atoms with Crippen LogP contribution in [0.1, 0.15) is 16.8 Å². The number of carbonyl (C=O) groups is 3. The van der Waals surface area contributed by atoms with Gasteiger partial charge in [-0.3, -0.25) is 19.8 Å². The maximum Gasteiger partial charge on any atom is 0.270 e. The van der Waals surface area contributed by atoms with Gasteiger partial charge in [-0.25, -0.2) is 0 Å². The summed E-state index contributed by atoms with van der Waals surface area (Å²) in [6, 6.07) is 5.67. The second kappa shape index (κ2) is 4.47. The minimum atomic E-state index is -0.527. The minimum Gasteiger partial charge on any atom is -0.508 e. The molecule has 1 saturated heterocycles. The maximum absolute atomic E-state index is 12.7. The molecule has 0 radical (unpaired) electrons. The first kappa shape index (κ1) is 13.8. The molecule has 6 unspecified atom stereocenters. The minimum absolute atomic E-state index is 0.0489. The highest BCUT2D eigenvalue weighted by atomic mass is 16.3. The van der Waals surface area contributed by atoms with Crippen molar-refractivity contribution in [2.24, 2.45) is 35.5 Å². The van der Waals surface area contributed by atoms with Gasteiger partial charge in [0.15, 0.2) is 0 Å². The summed E-state index contributed by atoms with van der Waals surface area (Å²) in [7, 11) is 0. The zero-order valence-electron chi connectivity index (χ0n) is 12.8.